The van der Waals surface area contributed by atoms with Crippen LogP contribution in [0.3, 0.4) is 0 Å². The molecule has 0 aliphatic carbocycles. The molecule has 0 bridgehead atoms. The first-order chi connectivity index (χ1) is 13.0. The molecule has 27 heavy (non-hydrogen) atoms. The molecule has 2 heterocycles. The summed E-state index contributed by atoms with van der Waals surface area (Å²) in [4.78, 5) is 26.5. The average Bonchev–Trinajstić information content (AvgIpc) is 2.70. The van der Waals surface area contributed by atoms with Gasteiger partial charge in [-0.25, -0.2) is 4.99 Å². The second kappa shape index (κ2) is 10.7. The molecule has 1 fully saturated rings. The van der Waals surface area contributed by atoms with Gasteiger partial charge in [-0.2, -0.15) is 0 Å². The molecule has 0 unspecified atom stereocenters. The number of carbonyl (C=O) groups excluding carboxylic acids is 1. The van der Waals surface area contributed by atoms with Crippen molar-refractivity contribution in [3.63, 3.8) is 0 Å². The smallest absolute Gasteiger partial charge is 0.243 e. The normalized spacial score (nSPS) is 15.6. The van der Waals surface area contributed by atoms with Crippen LogP contribution in [0.5, 0.6) is 0 Å². The number of rotatable bonds is 7. The molecule has 0 radical (unpaired) electrons. The number of aliphatic imine (C=N–C) groups is 1. The van der Waals surface area contributed by atoms with Crippen LogP contribution in [0.1, 0.15) is 26.2 Å². The molecule has 150 valence electrons. The van der Waals surface area contributed by atoms with Gasteiger partial charge in [0.25, 0.3) is 0 Å². The summed E-state index contributed by atoms with van der Waals surface area (Å²) in [7, 11) is 5.56. The van der Waals surface area contributed by atoms with Crippen molar-refractivity contribution in [1.82, 2.24) is 20.1 Å². The molecule has 1 N–H and O–H groups in total. The first-order valence-electron chi connectivity index (χ1n) is 9.85. The quantitative estimate of drug-likeness (QED) is 0.581. The molecule has 2 rings (SSSR count). The summed E-state index contributed by atoms with van der Waals surface area (Å²) in [6.45, 7) is 6.18. The molecular formula is C20H34N6O. The monoisotopic (exact) mass is 374 g/mol. The van der Waals surface area contributed by atoms with Gasteiger partial charge < -0.3 is 20.0 Å². The number of hydrogen-bond acceptors (Lipinski definition) is 4. The van der Waals surface area contributed by atoms with Gasteiger partial charge in [-0.05, 0) is 44.2 Å². The summed E-state index contributed by atoms with van der Waals surface area (Å²) in [6, 6.07) is 4.17. The number of piperidine rings is 1. The van der Waals surface area contributed by atoms with E-state index in [4.69, 9.17) is 0 Å². The fraction of sp³-hybridized carbons (Fsp3) is 0.650. The third kappa shape index (κ3) is 6.73. The third-order valence-electron chi connectivity index (χ3n) is 5.07. The lowest BCUT2D eigenvalue weighted by Gasteiger charge is -2.34. The van der Waals surface area contributed by atoms with E-state index in [1.807, 2.05) is 26.4 Å². The van der Waals surface area contributed by atoms with Gasteiger partial charge in [0.05, 0.1) is 0 Å². The van der Waals surface area contributed by atoms with Crippen LogP contribution in [0.2, 0.25) is 0 Å². The van der Waals surface area contributed by atoms with Crippen LogP contribution in [-0.4, -0.2) is 80.5 Å². The van der Waals surface area contributed by atoms with Gasteiger partial charge in [0.15, 0.2) is 5.96 Å². The van der Waals surface area contributed by atoms with Gasteiger partial charge in [-0.1, -0.05) is 0 Å². The largest absolute Gasteiger partial charge is 0.371 e. The number of pyridine rings is 1. The summed E-state index contributed by atoms with van der Waals surface area (Å²) in [5.74, 6) is 1.56. The fourth-order valence-corrected chi connectivity index (χ4v) is 3.27. The molecule has 7 nitrogen and oxygen atoms in total. The first kappa shape index (κ1) is 21.0. The molecule has 0 atom stereocenters. The maximum absolute atomic E-state index is 11.8. The van der Waals surface area contributed by atoms with E-state index in [1.54, 1.807) is 19.0 Å². The van der Waals surface area contributed by atoms with Crippen LogP contribution in [0, 0.1) is 5.92 Å². The van der Waals surface area contributed by atoms with E-state index in [-0.39, 0.29) is 12.5 Å². The second-order valence-electron chi connectivity index (χ2n) is 7.30. The van der Waals surface area contributed by atoms with Crippen molar-refractivity contribution in [2.24, 2.45) is 10.9 Å². The Balaban J connectivity index is 1.79. The van der Waals surface area contributed by atoms with Crippen molar-refractivity contribution in [3.05, 3.63) is 24.5 Å². The summed E-state index contributed by atoms with van der Waals surface area (Å²) in [5.41, 5.74) is 1.27. The zero-order valence-corrected chi connectivity index (χ0v) is 17.2. The Bertz CT molecular complexity index is 596. The number of carbonyl (C=O) groups is 1. The number of likely N-dealkylation sites (N-methyl/N-ethyl adjacent to an activating group) is 1. The number of nitrogens with zero attached hydrogens (tertiary/aromatic N) is 5. The van der Waals surface area contributed by atoms with Crippen molar-refractivity contribution < 1.29 is 4.79 Å². The average molecular weight is 375 g/mol. The molecular weight excluding hydrogens is 340 g/mol. The Hall–Kier alpha value is -2.31. The Morgan fingerprint density at radius 3 is 2.52 bits per heavy atom. The maximum atomic E-state index is 11.8. The lowest BCUT2D eigenvalue weighted by Crippen LogP contribution is -2.41. The predicted molar refractivity (Wildman–Crippen MR) is 111 cm³/mol. The second-order valence-corrected chi connectivity index (χ2v) is 7.30. The van der Waals surface area contributed by atoms with E-state index in [0.717, 1.165) is 44.5 Å². The van der Waals surface area contributed by atoms with Gasteiger partial charge in [-0.15, -0.1) is 0 Å². The van der Waals surface area contributed by atoms with Crippen molar-refractivity contribution in [2.45, 2.75) is 26.2 Å². The minimum absolute atomic E-state index is 0.0160. The van der Waals surface area contributed by atoms with Crippen LogP contribution in [0.4, 0.5) is 5.69 Å². The molecule has 1 aromatic heterocycles. The first-order valence-corrected chi connectivity index (χ1v) is 9.85. The lowest BCUT2D eigenvalue weighted by atomic mass is 9.93. The Labute approximate surface area is 163 Å². The van der Waals surface area contributed by atoms with E-state index in [2.05, 4.69) is 37.2 Å². The minimum atomic E-state index is 0.0160. The van der Waals surface area contributed by atoms with Crippen LogP contribution in [0.15, 0.2) is 29.5 Å². The molecule has 1 aromatic rings. The Kier molecular flexibility index (Phi) is 8.36. The Morgan fingerprint density at radius 2 is 1.93 bits per heavy atom. The summed E-state index contributed by atoms with van der Waals surface area (Å²) in [6.07, 6.45) is 7.29. The van der Waals surface area contributed by atoms with Gasteiger partial charge >= 0.3 is 0 Å². The van der Waals surface area contributed by atoms with Crippen molar-refractivity contribution in [3.8, 4) is 0 Å². The molecule has 0 spiro atoms. The zero-order valence-electron chi connectivity index (χ0n) is 17.2. The van der Waals surface area contributed by atoms with Gasteiger partial charge in [0, 0.05) is 65.4 Å². The highest BCUT2D eigenvalue weighted by atomic mass is 16.2. The molecule has 1 aliphatic rings. The SMILES string of the molecule is CCNC(=NCC(=O)N(C)C)N(C)CCC1CCN(c2ccncc2)CC1. The van der Waals surface area contributed by atoms with Gasteiger partial charge in [-0.3, -0.25) is 9.78 Å². The molecule has 1 amide bonds. The maximum Gasteiger partial charge on any atom is 0.243 e. The van der Waals surface area contributed by atoms with Crippen molar-refractivity contribution in [2.75, 3.05) is 58.8 Å². The van der Waals surface area contributed by atoms with E-state index < -0.39 is 0 Å². The van der Waals surface area contributed by atoms with Crippen molar-refractivity contribution in [1.29, 1.82) is 0 Å². The number of nitrogens with one attached hydrogen (secondary N) is 1. The topological polar surface area (TPSA) is 64.1 Å². The number of aromatic nitrogens is 1. The highest BCUT2D eigenvalue weighted by Crippen LogP contribution is 2.24. The lowest BCUT2D eigenvalue weighted by molar-refractivity contribution is -0.127. The number of amides is 1. The molecule has 7 heteroatoms. The molecule has 0 saturated carbocycles. The van der Waals surface area contributed by atoms with Gasteiger partial charge in [0.1, 0.15) is 6.54 Å². The predicted octanol–water partition coefficient (Wildman–Crippen LogP) is 1.67. The minimum Gasteiger partial charge on any atom is -0.371 e. The van der Waals surface area contributed by atoms with E-state index in [9.17, 15) is 4.79 Å². The number of guanidine groups is 1. The summed E-state index contributed by atoms with van der Waals surface area (Å²) in [5, 5.41) is 3.28. The van der Waals surface area contributed by atoms with Crippen molar-refractivity contribution >= 4 is 17.6 Å². The van der Waals surface area contributed by atoms with E-state index in [1.165, 1.54) is 18.5 Å². The van der Waals surface area contributed by atoms with E-state index >= 15 is 0 Å². The number of anilines is 1. The molecule has 1 aliphatic heterocycles. The highest BCUT2D eigenvalue weighted by molar-refractivity contribution is 5.84. The standard InChI is InChI=1S/C20H34N6O/c1-5-22-20(23-16-19(27)24(2)3)25(4)13-8-17-9-14-26(15-10-17)18-6-11-21-12-7-18/h6-7,11-12,17H,5,8-10,13-16H2,1-4H3,(H,22,23). The fourth-order valence-electron chi connectivity index (χ4n) is 3.27. The third-order valence-corrected chi connectivity index (χ3v) is 5.07. The summed E-state index contributed by atoms with van der Waals surface area (Å²) < 4.78 is 0. The van der Waals surface area contributed by atoms with Crippen LogP contribution in [-0.2, 0) is 4.79 Å². The van der Waals surface area contributed by atoms with Gasteiger partial charge in [0.2, 0.25) is 5.91 Å². The van der Waals surface area contributed by atoms with Crippen LogP contribution >= 0.6 is 0 Å². The summed E-state index contributed by atoms with van der Waals surface area (Å²) >= 11 is 0. The molecule has 0 aromatic carbocycles. The zero-order chi connectivity index (χ0) is 19.6. The van der Waals surface area contributed by atoms with Crippen LogP contribution < -0.4 is 10.2 Å². The highest BCUT2D eigenvalue weighted by Gasteiger charge is 2.20. The molecule has 1 saturated heterocycles. The number of hydrogen-bond donors (Lipinski definition) is 1. The van der Waals surface area contributed by atoms with E-state index in [0.29, 0.717) is 0 Å². The van der Waals surface area contributed by atoms with Crippen LogP contribution in [0.25, 0.3) is 0 Å². The Morgan fingerprint density at radius 1 is 1.26 bits per heavy atom.